The highest BCUT2D eigenvalue weighted by Crippen LogP contribution is 2.27. The second-order valence-corrected chi connectivity index (χ2v) is 4.97. The molecule has 0 bridgehead atoms. The van der Waals surface area contributed by atoms with Crippen molar-refractivity contribution in [3.8, 4) is 6.07 Å². The van der Waals surface area contributed by atoms with Crippen molar-refractivity contribution >= 4 is 22.5 Å². The van der Waals surface area contributed by atoms with Gasteiger partial charge in [0.15, 0.2) is 0 Å². The Hall–Kier alpha value is -2.28. The van der Waals surface area contributed by atoms with Gasteiger partial charge in [-0.1, -0.05) is 32.0 Å². The molecule has 2 rings (SSSR count). The van der Waals surface area contributed by atoms with Crippen LogP contribution in [0.2, 0.25) is 0 Å². The highest BCUT2D eigenvalue weighted by Gasteiger charge is 2.26. The molecular weight excluding hydrogens is 238 g/mol. The zero-order valence-corrected chi connectivity index (χ0v) is 11.3. The molecule has 0 radical (unpaired) electrons. The quantitative estimate of drug-likeness (QED) is 0.916. The van der Waals surface area contributed by atoms with Crippen LogP contribution < -0.4 is 4.90 Å². The Kier molecular flexibility index (Phi) is 3.57. The fourth-order valence-electron chi connectivity index (χ4n) is 2.15. The van der Waals surface area contributed by atoms with Crippen molar-refractivity contribution in [1.82, 2.24) is 4.98 Å². The predicted octanol–water partition coefficient (Wildman–Crippen LogP) is 2.93. The van der Waals surface area contributed by atoms with Gasteiger partial charge in [-0.3, -0.25) is 4.79 Å². The van der Waals surface area contributed by atoms with Gasteiger partial charge in [0.25, 0.3) is 0 Å². The number of benzene rings is 1. The number of nitrogens with one attached hydrogen (secondary N) is 1. The van der Waals surface area contributed by atoms with Crippen LogP contribution in [0.25, 0.3) is 10.9 Å². The van der Waals surface area contributed by atoms with Crippen molar-refractivity contribution in [3.63, 3.8) is 0 Å². The molecule has 1 aromatic heterocycles. The highest BCUT2D eigenvalue weighted by atomic mass is 16.2. The topological polar surface area (TPSA) is 59.9 Å². The molecule has 2 aromatic rings. The first-order chi connectivity index (χ1) is 9.06. The van der Waals surface area contributed by atoms with Crippen LogP contribution in [-0.2, 0) is 4.79 Å². The zero-order valence-electron chi connectivity index (χ0n) is 11.3. The number of hydrogen-bond donors (Lipinski definition) is 1. The molecule has 1 heterocycles. The molecular formula is C15H17N3O. The van der Waals surface area contributed by atoms with Crippen molar-refractivity contribution in [3.05, 3.63) is 30.5 Å². The van der Waals surface area contributed by atoms with E-state index in [1.54, 1.807) is 18.1 Å². The number of hydrogen-bond acceptors (Lipinski definition) is 2. The number of nitriles is 1. The van der Waals surface area contributed by atoms with Gasteiger partial charge in [0, 0.05) is 24.1 Å². The van der Waals surface area contributed by atoms with Gasteiger partial charge in [-0.25, -0.2) is 0 Å². The first-order valence-electron chi connectivity index (χ1n) is 6.29. The van der Waals surface area contributed by atoms with E-state index in [2.05, 4.69) is 11.1 Å². The number of para-hydroxylation sites is 1. The molecule has 0 saturated heterocycles. The number of carbonyl (C=O) groups is 1. The minimum atomic E-state index is -0.612. The Bertz CT molecular complexity index is 636. The van der Waals surface area contributed by atoms with E-state index in [-0.39, 0.29) is 11.8 Å². The Labute approximate surface area is 112 Å². The van der Waals surface area contributed by atoms with Crippen molar-refractivity contribution in [2.45, 2.75) is 13.8 Å². The smallest absolute Gasteiger partial charge is 0.244 e. The molecule has 1 amide bonds. The molecule has 0 fully saturated rings. The summed E-state index contributed by atoms with van der Waals surface area (Å²) in [5.41, 5.74) is 1.79. The van der Waals surface area contributed by atoms with Crippen LogP contribution in [0.5, 0.6) is 0 Å². The third-order valence-corrected chi connectivity index (χ3v) is 3.33. The normalized spacial score (nSPS) is 12.4. The Morgan fingerprint density at radius 2 is 2.05 bits per heavy atom. The lowest BCUT2D eigenvalue weighted by Gasteiger charge is -2.21. The molecule has 19 heavy (non-hydrogen) atoms. The minimum absolute atomic E-state index is 0.00477. The van der Waals surface area contributed by atoms with Crippen molar-refractivity contribution < 1.29 is 4.79 Å². The van der Waals surface area contributed by atoms with Gasteiger partial charge in [0.1, 0.15) is 5.92 Å². The molecule has 4 nitrogen and oxygen atoms in total. The molecule has 0 spiro atoms. The minimum Gasteiger partial charge on any atom is -0.359 e. The first-order valence-corrected chi connectivity index (χ1v) is 6.29. The van der Waals surface area contributed by atoms with E-state index in [0.717, 1.165) is 16.6 Å². The second-order valence-electron chi connectivity index (χ2n) is 4.97. The lowest BCUT2D eigenvalue weighted by atomic mass is 9.96. The van der Waals surface area contributed by atoms with Crippen molar-refractivity contribution in [1.29, 1.82) is 5.26 Å². The van der Waals surface area contributed by atoms with Gasteiger partial charge in [0.05, 0.1) is 11.8 Å². The van der Waals surface area contributed by atoms with Crippen LogP contribution in [0.3, 0.4) is 0 Å². The second kappa shape index (κ2) is 5.15. The number of aromatic amines is 1. The van der Waals surface area contributed by atoms with Crippen LogP contribution >= 0.6 is 0 Å². The zero-order chi connectivity index (χ0) is 14.0. The van der Waals surface area contributed by atoms with Crippen LogP contribution in [-0.4, -0.2) is 17.9 Å². The van der Waals surface area contributed by atoms with Crippen LogP contribution in [0.15, 0.2) is 30.5 Å². The monoisotopic (exact) mass is 255 g/mol. The van der Waals surface area contributed by atoms with Crippen molar-refractivity contribution in [2.24, 2.45) is 11.8 Å². The first kappa shape index (κ1) is 13.2. The van der Waals surface area contributed by atoms with Gasteiger partial charge in [-0.2, -0.15) is 5.26 Å². The Balaban J connectivity index is 2.37. The van der Waals surface area contributed by atoms with Gasteiger partial charge < -0.3 is 9.88 Å². The molecule has 0 aliphatic carbocycles. The maximum absolute atomic E-state index is 12.3. The maximum Gasteiger partial charge on any atom is 0.244 e. The van der Waals surface area contributed by atoms with E-state index >= 15 is 0 Å². The summed E-state index contributed by atoms with van der Waals surface area (Å²) in [7, 11) is 1.71. The SMILES string of the molecule is CC(C)C(C#N)C(=O)N(C)c1c[nH]c2ccccc12. The number of aromatic nitrogens is 1. The summed E-state index contributed by atoms with van der Waals surface area (Å²) in [5.74, 6) is -0.772. The van der Waals surface area contributed by atoms with E-state index in [1.807, 2.05) is 38.1 Å². The number of fused-ring (bicyclic) bond motifs is 1. The molecule has 98 valence electrons. The molecule has 1 N–H and O–H groups in total. The molecule has 0 saturated carbocycles. The maximum atomic E-state index is 12.3. The molecule has 0 aliphatic rings. The van der Waals surface area contributed by atoms with E-state index in [0.29, 0.717) is 0 Å². The van der Waals surface area contributed by atoms with Crippen LogP contribution in [0.4, 0.5) is 5.69 Å². The summed E-state index contributed by atoms with van der Waals surface area (Å²) in [6, 6.07) is 9.88. The van der Waals surface area contributed by atoms with Crippen molar-refractivity contribution in [2.75, 3.05) is 11.9 Å². The fourth-order valence-corrected chi connectivity index (χ4v) is 2.15. The number of carbonyl (C=O) groups excluding carboxylic acids is 1. The molecule has 1 aromatic carbocycles. The third-order valence-electron chi connectivity index (χ3n) is 3.33. The average molecular weight is 255 g/mol. The average Bonchev–Trinajstić information content (AvgIpc) is 2.82. The lowest BCUT2D eigenvalue weighted by molar-refractivity contribution is -0.121. The summed E-state index contributed by atoms with van der Waals surface area (Å²) in [6.07, 6.45) is 1.80. The van der Waals surface area contributed by atoms with Gasteiger partial charge in [-0.05, 0) is 12.0 Å². The molecule has 4 heteroatoms. The van der Waals surface area contributed by atoms with Gasteiger partial charge in [0.2, 0.25) is 5.91 Å². The Morgan fingerprint density at radius 3 is 2.68 bits per heavy atom. The van der Waals surface area contributed by atoms with E-state index < -0.39 is 5.92 Å². The standard InChI is InChI=1S/C15H17N3O/c1-10(2)12(8-16)15(19)18(3)14-9-17-13-7-5-4-6-11(13)14/h4-7,9-10,12,17H,1-3H3. The summed E-state index contributed by atoms with van der Waals surface area (Å²) in [5, 5.41) is 10.1. The predicted molar refractivity (Wildman–Crippen MR) is 75.6 cm³/mol. The number of nitrogens with zero attached hydrogens (tertiary/aromatic N) is 2. The summed E-state index contributed by atoms with van der Waals surface area (Å²) in [4.78, 5) is 17.0. The lowest BCUT2D eigenvalue weighted by Crippen LogP contribution is -2.34. The number of anilines is 1. The summed E-state index contributed by atoms with van der Waals surface area (Å²) >= 11 is 0. The Morgan fingerprint density at radius 1 is 1.37 bits per heavy atom. The fraction of sp³-hybridized carbons (Fsp3) is 0.333. The summed E-state index contributed by atoms with van der Waals surface area (Å²) in [6.45, 7) is 3.77. The van der Waals surface area contributed by atoms with E-state index in [1.165, 1.54) is 0 Å². The van der Waals surface area contributed by atoms with Gasteiger partial charge >= 0.3 is 0 Å². The largest absolute Gasteiger partial charge is 0.359 e. The highest BCUT2D eigenvalue weighted by molar-refractivity contribution is 6.04. The van der Waals surface area contributed by atoms with Crippen LogP contribution in [0, 0.1) is 23.2 Å². The number of H-pyrrole nitrogens is 1. The molecule has 0 aliphatic heterocycles. The van der Waals surface area contributed by atoms with Gasteiger partial charge in [-0.15, -0.1) is 0 Å². The molecule has 1 atom stereocenters. The van der Waals surface area contributed by atoms with E-state index in [9.17, 15) is 4.79 Å². The number of amides is 1. The van der Waals surface area contributed by atoms with Crippen LogP contribution in [0.1, 0.15) is 13.8 Å². The summed E-state index contributed by atoms with van der Waals surface area (Å²) < 4.78 is 0. The van der Waals surface area contributed by atoms with E-state index in [4.69, 9.17) is 5.26 Å². The molecule has 1 unspecified atom stereocenters. The number of rotatable bonds is 3. The third kappa shape index (κ3) is 2.32.